The van der Waals surface area contributed by atoms with E-state index in [1.165, 1.54) is 12.1 Å². The highest BCUT2D eigenvalue weighted by Crippen LogP contribution is 2.26. The first-order valence-corrected chi connectivity index (χ1v) is 9.25. The Balaban J connectivity index is 2.46. The summed E-state index contributed by atoms with van der Waals surface area (Å²) in [5.74, 6) is -1.27. The molecule has 0 bridgehead atoms. The molecule has 2 aromatic rings. The van der Waals surface area contributed by atoms with Crippen molar-refractivity contribution in [3.63, 3.8) is 0 Å². The average molecular weight is 386 g/mol. The van der Waals surface area contributed by atoms with Crippen molar-refractivity contribution < 1.29 is 22.3 Å². The third-order valence-corrected chi connectivity index (χ3v) is 5.16. The Morgan fingerprint density at radius 1 is 1.20 bits per heavy atom. The Morgan fingerprint density at radius 2 is 1.84 bits per heavy atom. The smallest absolute Gasteiger partial charge is 0.327 e. The van der Waals surface area contributed by atoms with E-state index in [1.54, 1.807) is 26.0 Å². The third-order valence-electron chi connectivity index (χ3n) is 3.14. The van der Waals surface area contributed by atoms with Gasteiger partial charge in [-0.2, -0.15) is 0 Å². The minimum absolute atomic E-state index is 0.147. The van der Waals surface area contributed by atoms with Crippen LogP contribution in [0.2, 0.25) is 5.02 Å². The lowest BCUT2D eigenvalue weighted by Crippen LogP contribution is -2.37. The van der Waals surface area contributed by atoms with Gasteiger partial charge < -0.3 is 4.74 Å². The van der Waals surface area contributed by atoms with Crippen molar-refractivity contribution in [1.29, 1.82) is 0 Å². The predicted octanol–water partition coefficient (Wildman–Crippen LogP) is 3.63. The highest BCUT2D eigenvalue weighted by atomic mass is 35.5. The summed E-state index contributed by atoms with van der Waals surface area (Å²) in [5.41, 5.74) is 0.206. The summed E-state index contributed by atoms with van der Waals surface area (Å²) >= 11 is 5.94. The normalized spacial score (nSPS) is 11.4. The standard InChI is InChI=1S/C17H17ClFNO4S/c1-12(2)24-17(21)11-20(15-5-3-4-13(18)10-15)25(22,23)16-8-6-14(19)7-9-16/h3-10,12H,11H2,1-2H3. The number of carbonyl (C=O) groups excluding carboxylic acids is 1. The second kappa shape index (κ2) is 7.84. The molecule has 0 aromatic heterocycles. The fourth-order valence-corrected chi connectivity index (χ4v) is 3.68. The second-order valence-electron chi connectivity index (χ2n) is 5.48. The van der Waals surface area contributed by atoms with Gasteiger partial charge in [0.15, 0.2) is 0 Å². The van der Waals surface area contributed by atoms with E-state index in [0.29, 0.717) is 5.02 Å². The molecule has 0 aliphatic heterocycles. The summed E-state index contributed by atoms with van der Waals surface area (Å²) in [6.45, 7) is 2.80. The molecule has 0 heterocycles. The number of hydrogen-bond donors (Lipinski definition) is 0. The quantitative estimate of drug-likeness (QED) is 0.712. The molecule has 0 N–H and O–H groups in total. The summed E-state index contributed by atoms with van der Waals surface area (Å²) in [6.07, 6.45) is -0.387. The van der Waals surface area contributed by atoms with Gasteiger partial charge in [-0.15, -0.1) is 0 Å². The molecule has 0 saturated heterocycles. The van der Waals surface area contributed by atoms with Crippen LogP contribution >= 0.6 is 11.6 Å². The predicted molar refractivity (Wildman–Crippen MR) is 93.6 cm³/mol. The van der Waals surface area contributed by atoms with Gasteiger partial charge in [0.1, 0.15) is 12.4 Å². The maximum Gasteiger partial charge on any atom is 0.327 e. The van der Waals surface area contributed by atoms with Crippen LogP contribution < -0.4 is 4.31 Å². The summed E-state index contributed by atoms with van der Waals surface area (Å²) in [5, 5.41) is 0.314. The molecule has 2 rings (SSSR count). The number of ether oxygens (including phenoxy) is 1. The lowest BCUT2D eigenvalue weighted by atomic mass is 10.3. The number of esters is 1. The highest BCUT2D eigenvalue weighted by molar-refractivity contribution is 7.92. The molecule has 0 aliphatic rings. The number of sulfonamides is 1. The highest BCUT2D eigenvalue weighted by Gasteiger charge is 2.28. The molecule has 0 unspecified atom stereocenters. The number of carbonyl (C=O) groups is 1. The van der Waals surface area contributed by atoms with Gasteiger partial charge in [0, 0.05) is 5.02 Å². The molecule has 0 saturated carbocycles. The number of anilines is 1. The van der Waals surface area contributed by atoms with Gasteiger partial charge in [-0.1, -0.05) is 17.7 Å². The van der Waals surface area contributed by atoms with Gasteiger partial charge in [-0.25, -0.2) is 12.8 Å². The summed E-state index contributed by atoms with van der Waals surface area (Å²) in [6, 6.07) is 10.4. The van der Waals surface area contributed by atoms with Gasteiger partial charge in [0.05, 0.1) is 16.7 Å². The number of nitrogens with zero attached hydrogens (tertiary/aromatic N) is 1. The number of rotatable bonds is 6. The average Bonchev–Trinajstić information content (AvgIpc) is 2.52. The van der Waals surface area contributed by atoms with Crippen LogP contribution in [0.4, 0.5) is 10.1 Å². The number of benzene rings is 2. The van der Waals surface area contributed by atoms with Crippen molar-refractivity contribution in [2.24, 2.45) is 0 Å². The Labute approximate surface area is 151 Å². The third kappa shape index (κ3) is 4.93. The first kappa shape index (κ1) is 19.2. The molecule has 8 heteroatoms. The van der Waals surface area contributed by atoms with Crippen LogP contribution in [0.1, 0.15) is 13.8 Å². The van der Waals surface area contributed by atoms with Crippen molar-refractivity contribution in [2.75, 3.05) is 10.8 Å². The van der Waals surface area contributed by atoms with Crippen LogP contribution in [0.5, 0.6) is 0 Å². The van der Waals surface area contributed by atoms with E-state index in [4.69, 9.17) is 16.3 Å². The Morgan fingerprint density at radius 3 is 2.40 bits per heavy atom. The van der Waals surface area contributed by atoms with Gasteiger partial charge in [-0.3, -0.25) is 9.10 Å². The monoisotopic (exact) mass is 385 g/mol. The van der Waals surface area contributed by atoms with Crippen LogP contribution in [0, 0.1) is 5.82 Å². The summed E-state index contributed by atoms with van der Waals surface area (Å²) in [7, 11) is -4.11. The largest absolute Gasteiger partial charge is 0.462 e. The van der Waals surface area contributed by atoms with E-state index in [2.05, 4.69) is 0 Å². The van der Waals surface area contributed by atoms with Gasteiger partial charge in [0.25, 0.3) is 10.0 Å². The van der Waals surface area contributed by atoms with E-state index < -0.39 is 28.4 Å². The maximum absolute atomic E-state index is 13.1. The van der Waals surface area contributed by atoms with Gasteiger partial charge >= 0.3 is 5.97 Å². The molecule has 0 amide bonds. The van der Waals surface area contributed by atoms with Crippen molar-refractivity contribution in [3.05, 3.63) is 59.4 Å². The molecular weight excluding hydrogens is 369 g/mol. The zero-order chi connectivity index (χ0) is 18.6. The molecule has 0 fully saturated rings. The zero-order valence-electron chi connectivity index (χ0n) is 13.6. The second-order valence-corrected chi connectivity index (χ2v) is 7.78. The number of halogens is 2. The topological polar surface area (TPSA) is 63.7 Å². The fourth-order valence-electron chi connectivity index (χ4n) is 2.10. The van der Waals surface area contributed by atoms with Gasteiger partial charge in [0.2, 0.25) is 0 Å². The van der Waals surface area contributed by atoms with Crippen LogP contribution in [-0.4, -0.2) is 27.0 Å². The SMILES string of the molecule is CC(C)OC(=O)CN(c1cccc(Cl)c1)S(=O)(=O)c1ccc(F)cc1. The van der Waals surface area contributed by atoms with Crippen LogP contribution in [0.3, 0.4) is 0 Å². The minimum Gasteiger partial charge on any atom is -0.462 e. The Bertz CT molecular complexity index is 853. The summed E-state index contributed by atoms with van der Waals surface area (Å²) in [4.78, 5) is 11.9. The van der Waals surface area contributed by atoms with E-state index in [0.717, 1.165) is 28.6 Å². The molecule has 25 heavy (non-hydrogen) atoms. The molecule has 134 valence electrons. The molecule has 0 spiro atoms. The number of hydrogen-bond acceptors (Lipinski definition) is 4. The first-order valence-electron chi connectivity index (χ1n) is 7.43. The van der Waals surface area contributed by atoms with E-state index in [-0.39, 0.29) is 16.7 Å². The molecule has 0 aliphatic carbocycles. The molecule has 5 nitrogen and oxygen atoms in total. The van der Waals surface area contributed by atoms with Crippen molar-refractivity contribution in [1.82, 2.24) is 0 Å². The molecule has 2 aromatic carbocycles. The zero-order valence-corrected chi connectivity index (χ0v) is 15.2. The van der Waals surface area contributed by atoms with Crippen LogP contribution in [0.15, 0.2) is 53.4 Å². The lowest BCUT2D eigenvalue weighted by Gasteiger charge is -2.24. The lowest BCUT2D eigenvalue weighted by molar-refractivity contribution is -0.145. The van der Waals surface area contributed by atoms with Crippen LogP contribution in [-0.2, 0) is 19.6 Å². The molecular formula is C17H17ClFNO4S. The fraction of sp³-hybridized carbons (Fsp3) is 0.235. The van der Waals surface area contributed by atoms with E-state index >= 15 is 0 Å². The van der Waals surface area contributed by atoms with E-state index in [9.17, 15) is 17.6 Å². The molecule has 0 atom stereocenters. The summed E-state index contributed by atoms with van der Waals surface area (Å²) < 4.78 is 44.9. The van der Waals surface area contributed by atoms with Crippen molar-refractivity contribution in [2.45, 2.75) is 24.8 Å². The van der Waals surface area contributed by atoms with Gasteiger partial charge in [-0.05, 0) is 56.3 Å². The first-order chi connectivity index (χ1) is 11.7. The minimum atomic E-state index is -4.11. The van der Waals surface area contributed by atoms with E-state index in [1.807, 2.05) is 0 Å². The molecule has 0 radical (unpaired) electrons. The van der Waals surface area contributed by atoms with Crippen LogP contribution in [0.25, 0.3) is 0 Å². The maximum atomic E-state index is 13.1. The van der Waals surface area contributed by atoms with Crippen molar-refractivity contribution in [3.8, 4) is 0 Å². The Kier molecular flexibility index (Phi) is 6.02. The van der Waals surface area contributed by atoms with Crippen molar-refractivity contribution >= 4 is 33.3 Å². The Hall–Kier alpha value is -2.12.